The first kappa shape index (κ1) is 15.5. The zero-order valence-corrected chi connectivity index (χ0v) is 13.4. The molecule has 21 heavy (non-hydrogen) atoms. The van der Waals surface area contributed by atoms with Gasteiger partial charge in [0.2, 0.25) is 11.8 Å². The summed E-state index contributed by atoms with van der Waals surface area (Å²) in [6, 6.07) is 3.28. The Hall–Kier alpha value is -1.91. The third kappa shape index (κ3) is 3.23. The number of carbonyl (C=O) groups is 2. The molecule has 5 heteroatoms. The molecule has 0 spiro atoms. The Morgan fingerprint density at radius 2 is 1.90 bits per heavy atom. The molecule has 0 saturated carbocycles. The van der Waals surface area contributed by atoms with E-state index in [0.29, 0.717) is 13.0 Å². The number of aromatic nitrogens is 1. The fourth-order valence-electron chi connectivity index (χ4n) is 2.56. The van der Waals surface area contributed by atoms with Crippen LogP contribution in [0.2, 0.25) is 0 Å². The molecule has 0 aliphatic carbocycles. The number of hydrogen-bond acceptors (Lipinski definition) is 3. The van der Waals surface area contributed by atoms with Gasteiger partial charge in [0.05, 0.1) is 11.4 Å². The second-order valence-corrected chi connectivity index (χ2v) is 6.66. The standard InChI is InChI=1S/C16H23N3O2/c1-10-6-7-12(11(2)17-10)19-9-8-13(20)18-14(15(19)21)16(3,4)5/h6-7,14H,8-9H2,1-5H3,(H,18,20). The minimum absolute atomic E-state index is 0.0675. The fraction of sp³-hybridized carbons (Fsp3) is 0.562. The smallest absolute Gasteiger partial charge is 0.250 e. The summed E-state index contributed by atoms with van der Waals surface area (Å²) in [5.74, 6) is -0.148. The average Bonchev–Trinajstić information content (AvgIpc) is 2.50. The Kier molecular flexibility index (Phi) is 4.03. The number of nitrogens with zero attached hydrogens (tertiary/aromatic N) is 2. The molecule has 1 unspecified atom stereocenters. The molecule has 0 bridgehead atoms. The van der Waals surface area contributed by atoms with Crippen molar-refractivity contribution in [3.8, 4) is 0 Å². The maximum Gasteiger partial charge on any atom is 0.250 e. The van der Waals surface area contributed by atoms with Gasteiger partial charge in [-0.1, -0.05) is 20.8 Å². The van der Waals surface area contributed by atoms with Gasteiger partial charge in [0, 0.05) is 18.7 Å². The van der Waals surface area contributed by atoms with Gasteiger partial charge in [-0.15, -0.1) is 0 Å². The third-order valence-electron chi connectivity index (χ3n) is 3.73. The summed E-state index contributed by atoms with van der Waals surface area (Å²) in [5, 5.41) is 2.85. The van der Waals surface area contributed by atoms with Crippen molar-refractivity contribution < 1.29 is 9.59 Å². The first-order valence-corrected chi connectivity index (χ1v) is 7.25. The van der Waals surface area contributed by atoms with E-state index in [2.05, 4.69) is 10.3 Å². The summed E-state index contributed by atoms with van der Waals surface area (Å²) >= 11 is 0. The lowest BCUT2D eigenvalue weighted by Crippen LogP contribution is -2.52. The highest BCUT2D eigenvalue weighted by atomic mass is 16.2. The Labute approximate surface area is 125 Å². The number of rotatable bonds is 1. The molecule has 2 heterocycles. The molecular formula is C16H23N3O2. The second kappa shape index (κ2) is 5.47. The molecule has 1 saturated heterocycles. The molecule has 1 aromatic rings. The molecule has 2 rings (SSSR count). The van der Waals surface area contributed by atoms with Crippen LogP contribution in [0.1, 0.15) is 38.6 Å². The molecular weight excluding hydrogens is 266 g/mol. The van der Waals surface area contributed by atoms with Crippen LogP contribution in [0.5, 0.6) is 0 Å². The fourth-order valence-corrected chi connectivity index (χ4v) is 2.56. The van der Waals surface area contributed by atoms with Gasteiger partial charge < -0.3 is 10.2 Å². The van der Waals surface area contributed by atoms with E-state index in [4.69, 9.17) is 0 Å². The normalized spacial score (nSPS) is 20.2. The van der Waals surface area contributed by atoms with E-state index in [9.17, 15) is 9.59 Å². The topological polar surface area (TPSA) is 62.3 Å². The van der Waals surface area contributed by atoms with Crippen molar-refractivity contribution in [3.05, 3.63) is 23.5 Å². The van der Waals surface area contributed by atoms with Crippen LogP contribution in [0.4, 0.5) is 5.69 Å². The summed E-state index contributed by atoms with van der Waals surface area (Å²) in [5.41, 5.74) is 2.18. The monoisotopic (exact) mass is 289 g/mol. The maximum absolute atomic E-state index is 12.9. The van der Waals surface area contributed by atoms with Gasteiger partial charge in [0.25, 0.3) is 0 Å². The number of aryl methyl sites for hydroxylation is 2. The summed E-state index contributed by atoms with van der Waals surface area (Å²) in [7, 11) is 0. The molecule has 5 nitrogen and oxygen atoms in total. The van der Waals surface area contributed by atoms with Gasteiger partial charge in [-0.25, -0.2) is 0 Å². The van der Waals surface area contributed by atoms with E-state index in [1.54, 1.807) is 4.90 Å². The van der Waals surface area contributed by atoms with E-state index in [-0.39, 0.29) is 17.2 Å². The SMILES string of the molecule is Cc1ccc(N2CCC(=O)NC(C(C)(C)C)C2=O)c(C)n1. The van der Waals surface area contributed by atoms with Gasteiger partial charge in [-0.2, -0.15) is 0 Å². The van der Waals surface area contributed by atoms with Crippen molar-refractivity contribution in [1.82, 2.24) is 10.3 Å². The van der Waals surface area contributed by atoms with Gasteiger partial charge in [-0.3, -0.25) is 14.6 Å². The summed E-state index contributed by atoms with van der Waals surface area (Å²) < 4.78 is 0. The van der Waals surface area contributed by atoms with Gasteiger partial charge in [-0.05, 0) is 31.4 Å². The Morgan fingerprint density at radius 3 is 2.48 bits per heavy atom. The number of anilines is 1. The largest absolute Gasteiger partial charge is 0.344 e. The highest BCUT2D eigenvalue weighted by molar-refractivity contribution is 6.02. The molecule has 1 N–H and O–H groups in total. The van der Waals surface area contributed by atoms with Crippen molar-refractivity contribution in [2.75, 3.05) is 11.4 Å². The van der Waals surface area contributed by atoms with Crippen LogP contribution < -0.4 is 10.2 Å². The molecule has 1 atom stereocenters. The number of amides is 2. The van der Waals surface area contributed by atoms with Gasteiger partial charge >= 0.3 is 0 Å². The minimum atomic E-state index is -0.520. The molecule has 1 aliphatic heterocycles. The number of nitrogens with one attached hydrogen (secondary N) is 1. The predicted octanol–water partition coefficient (Wildman–Crippen LogP) is 1.97. The van der Waals surface area contributed by atoms with Crippen LogP contribution in [-0.4, -0.2) is 29.4 Å². The van der Waals surface area contributed by atoms with Gasteiger partial charge in [0.15, 0.2) is 0 Å². The van der Waals surface area contributed by atoms with Crippen molar-refractivity contribution in [2.24, 2.45) is 5.41 Å². The predicted molar refractivity (Wildman–Crippen MR) is 82.1 cm³/mol. The van der Waals surface area contributed by atoms with E-state index < -0.39 is 6.04 Å². The van der Waals surface area contributed by atoms with Crippen LogP contribution in [0, 0.1) is 19.3 Å². The molecule has 1 aliphatic rings. The van der Waals surface area contributed by atoms with Crippen molar-refractivity contribution in [2.45, 2.75) is 47.1 Å². The third-order valence-corrected chi connectivity index (χ3v) is 3.73. The lowest BCUT2D eigenvalue weighted by molar-refractivity contribution is -0.127. The van der Waals surface area contributed by atoms with Crippen molar-refractivity contribution in [3.63, 3.8) is 0 Å². The Balaban J connectivity index is 2.42. The maximum atomic E-state index is 12.9. The summed E-state index contributed by atoms with van der Waals surface area (Å²) in [6.45, 7) is 10.1. The first-order chi connectivity index (χ1) is 9.70. The van der Waals surface area contributed by atoms with E-state index >= 15 is 0 Å². The van der Waals surface area contributed by atoms with Crippen LogP contribution in [0.3, 0.4) is 0 Å². The van der Waals surface area contributed by atoms with Gasteiger partial charge in [0.1, 0.15) is 6.04 Å². The van der Waals surface area contributed by atoms with Crippen LogP contribution in [0.15, 0.2) is 12.1 Å². The van der Waals surface area contributed by atoms with E-state index in [1.165, 1.54) is 0 Å². The van der Waals surface area contributed by atoms with Crippen molar-refractivity contribution >= 4 is 17.5 Å². The quantitative estimate of drug-likeness (QED) is 0.859. The number of pyridine rings is 1. The minimum Gasteiger partial charge on any atom is -0.344 e. The van der Waals surface area contributed by atoms with Crippen LogP contribution in [-0.2, 0) is 9.59 Å². The molecule has 2 amide bonds. The molecule has 114 valence electrons. The second-order valence-electron chi connectivity index (χ2n) is 6.66. The first-order valence-electron chi connectivity index (χ1n) is 7.25. The number of carbonyl (C=O) groups excluding carboxylic acids is 2. The van der Waals surface area contributed by atoms with E-state index in [0.717, 1.165) is 17.1 Å². The molecule has 1 fully saturated rings. The lowest BCUT2D eigenvalue weighted by atomic mass is 9.86. The zero-order valence-electron chi connectivity index (χ0n) is 13.4. The lowest BCUT2D eigenvalue weighted by Gasteiger charge is -2.32. The molecule has 0 radical (unpaired) electrons. The number of hydrogen-bond donors (Lipinski definition) is 1. The Bertz CT molecular complexity index is 575. The van der Waals surface area contributed by atoms with Crippen LogP contribution in [0.25, 0.3) is 0 Å². The highest BCUT2D eigenvalue weighted by Crippen LogP contribution is 2.27. The highest BCUT2D eigenvalue weighted by Gasteiger charge is 2.38. The van der Waals surface area contributed by atoms with E-state index in [1.807, 2.05) is 46.8 Å². The summed E-state index contributed by atoms with van der Waals surface area (Å²) in [4.78, 5) is 30.9. The Morgan fingerprint density at radius 1 is 1.24 bits per heavy atom. The van der Waals surface area contributed by atoms with Crippen molar-refractivity contribution in [1.29, 1.82) is 0 Å². The molecule has 1 aromatic heterocycles. The average molecular weight is 289 g/mol. The zero-order chi connectivity index (χ0) is 15.8. The molecule has 0 aromatic carbocycles. The summed E-state index contributed by atoms with van der Waals surface area (Å²) in [6.07, 6.45) is 0.311. The van der Waals surface area contributed by atoms with Crippen LogP contribution >= 0.6 is 0 Å².